The molecule has 0 aliphatic carbocycles. The molecule has 6 heteroatoms. The molecule has 1 rings (SSSR count). The van der Waals surface area contributed by atoms with Gasteiger partial charge in [-0.1, -0.05) is 0 Å². The van der Waals surface area contributed by atoms with Crippen LogP contribution in [0.5, 0.6) is 0 Å². The largest absolute Gasteiger partial charge is 0.380 e. The van der Waals surface area contributed by atoms with Crippen molar-refractivity contribution in [2.24, 2.45) is 5.10 Å². The van der Waals surface area contributed by atoms with Gasteiger partial charge in [-0.15, -0.1) is 0 Å². The maximum atomic E-state index is 11.4. The maximum Gasteiger partial charge on any atom is 0.267 e. The zero-order valence-electron chi connectivity index (χ0n) is 8.71. The summed E-state index contributed by atoms with van der Waals surface area (Å²) in [5, 5.41) is 6.33. The SMILES string of the molecule is CCOCCNC(=O)C1=NNC(=O)CC1. The van der Waals surface area contributed by atoms with Gasteiger partial charge in [0, 0.05) is 26.0 Å². The fourth-order valence-corrected chi connectivity index (χ4v) is 1.12. The van der Waals surface area contributed by atoms with Crippen LogP contribution in [0, 0.1) is 0 Å². The lowest BCUT2D eigenvalue weighted by Gasteiger charge is -2.11. The molecule has 0 aromatic heterocycles. The van der Waals surface area contributed by atoms with Crippen molar-refractivity contribution in [2.75, 3.05) is 19.8 Å². The van der Waals surface area contributed by atoms with E-state index in [-0.39, 0.29) is 11.8 Å². The average molecular weight is 213 g/mol. The van der Waals surface area contributed by atoms with Crippen LogP contribution in [0.3, 0.4) is 0 Å². The summed E-state index contributed by atoms with van der Waals surface area (Å²) < 4.78 is 5.06. The molecular formula is C9H15N3O3. The second-order valence-electron chi connectivity index (χ2n) is 3.05. The Morgan fingerprint density at radius 1 is 1.60 bits per heavy atom. The van der Waals surface area contributed by atoms with Gasteiger partial charge in [-0.2, -0.15) is 5.10 Å². The number of hydrogen-bond acceptors (Lipinski definition) is 4. The van der Waals surface area contributed by atoms with Crippen LogP contribution in [-0.2, 0) is 14.3 Å². The first kappa shape index (κ1) is 11.6. The number of carbonyl (C=O) groups excluding carboxylic acids is 2. The van der Waals surface area contributed by atoms with Crippen LogP contribution < -0.4 is 10.7 Å². The first-order valence-electron chi connectivity index (χ1n) is 4.95. The monoisotopic (exact) mass is 213 g/mol. The highest BCUT2D eigenvalue weighted by Crippen LogP contribution is 1.98. The Hall–Kier alpha value is -1.43. The summed E-state index contributed by atoms with van der Waals surface area (Å²) in [6, 6.07) is 0. The Morgan fingerprint density at radius 2 is 2.40 bits per heavy atom. The van der Waals surface area contributed by atoms with E-state index in [0.29, 0.717) is 38.3 Å². The molecule has 2 N–H and O–H groups in total. The predicted octanol–water partition coefficient (Wildman–Crippen LogP) is -0.595. The lowest BCUT2D eigenvalue weighted by Crippen LogP contribution is -2.38. The third-order valence-electron chi connectivity index (χ3n) is 1.90. The van der Waals surface area contributed by atoms with Crippen LogP contribution in [-0.4, -0.2) is 37.3 Å². The number of nitrogens with one attached hydrogen (secondary N) is 2. The normalized spacial score (nSPS) is 15.5. The van der Waals surface area contributed by atoms with E-state index in [4.69, 9.17) is 4.74 Å². The molecule has 2 amide bonds. The summed E-state index contributed by atoms with van der Waals surface area (Å²) in [5.74, 6) is -0.393. The van der Waals surface area contributed by atoms with E-state index in [1.165, 1.54) is 0 Å². The molecule has 6 nitrogen and oxygen atoms in total. The molecule has 0 atom stereocenters. The van der Waals surface area contributed by atoms with Gasteiger partial charge in [-0.3, -0.25) is 9.59 Å². The number of rotatable bonds is 5. The van der Waals surface area contributed by atoms with Crippen LogP contribution in [0.1, 0.15) is 19.8 Å². The zero-order valence-corrected chi connectivity index (χ0v) is 8.71. The Balaban J connectivity index is 2.25. The molecule has 0 aromatic carbocycles. The first-order valence-corrected chi connectivity index (χ1v) is 4.95. The summed E-state index contributed by atoms with van der Waals surface area (Å²) in [7, 11) is 0. The lowest BCUT2D eigenvalue weighted by atomic mass is 10.1. The Labute approximate surface area is 88.1 Å². The Kier molecular flexibility index (Phi) is 4.76. The van der Waals surface area contributed by atoms with E-state index in [1.807, 2.05) is 6.92 Å². The molecule has 84 valence electrons. The van der Waals surface area contributed by atoms with Gasteiger partial charge in [-0.05, 0) is 6.92 Å². The average Bonchev–Trinajstić information content (AvgIpc) is 2.25. The van der Waals surface area contributed by atoms with Gasteiger partial charge in [0.25, 0.3) is 5.91 Å². The van der Waals surface area contributed by atoms with Gasteiger partial charge in [-0.25, -0.2) is 5.43 Å². The molecular weight excluding hydrogens is 198 g/mol. The molecule has 0 spiro atoms. The summed E-state index contributed by atoms with van der Waals surface area (Å²) in [6.45, 7) is 3.47. The Morgan fingerprint density at radius 3 is 3.00 bits per heavy atom. The van der Waals surface area contributed by atoms with E-state index in [1.54, 1.807) is 0 Å². The number of ether oxygens (including phenoxy) is 1. The number of amides is 2. The molecule has 0 fully saturated rings. The van der Waals surface area contributed by atoms with Gasteiger partial charge in [0.05, 0.1) is 6.61 Å². The third-order valence-corrected chi connectivity index (χ3v) is 1.90. The highest BCUT2D eigenvalue weighted by molar-refractivity contribution is 6.39. The summed E-state index contributed by atoms with van der Waals surface area (Å²) in [5.41, 5.74) is 2.64. The molecule has 0 bridgehead atoms. The van der Waals surface area contributed by atoms with Gasteiger partial charge in [0.1, 0.15) is 5.71 Å². The smallest absolute Gasteiger partial charge is 0.267 e. The van der Waals surface area contributed by atoms with Crippen molar-refractivity contribution in [1.29, 1.82) is 0 Å². The molecule has 0 unspecified atom stereocenters. The lowest BCUT2D eigenvalue weighted by molar-refractivity contribution is -0.121. The molecule has 0 radical (unpaired) electrons. The number of hydrazone groups is 1. The van der Waals surface area contributed by atoms with Crippen molar-refractivity contribution in [1.82, 2.24) is 10.7 Å². The van der Waals surface area contributed by atoms with Crippen LogP contribution in [0.25, 0.3) is 0 Å². The molecule has 0 aromatic rings. The molecule has 1 aliphatic heterocycles. The van der Waals surface area contributed by atoms with E-state index >= 15 is 0 Å². The van der Waals surface area contributed by atoms with Crippen molar-refractivity contribution in [3.8, 4) is 0 Å². The van der Waals surface area contributed by atoms with Crippen molar-refractivity contribution < 1.29 is 14.3 Å². The van der Waals surface area contributed by atoms with Crippen LogP contribution in [0.4, 0.5) is 0 Å². The fourth-order valence-electron chi connectivity index (χ4n) is 1.12. The molecule has 1 heterocycles. The minimum atomic E-state index is -0.241. The van der Waals surface area contributed by atoms with Crippen LogP contribution >= 0.6 is 0 Å². The number of carbonyl (C=O) groups is 2. The van der Waals surface area contributed by atoms with Gasteiger partial charge in [0.2, 0.25) is 5.91 Å². The maximum absolute atomic E-state index is 11.4. The predicted molar refractivity (Wildman–Crippen MR) is 54.3 cm³/mol. The topological polar surface area (TPSA) is 79.8 Å². The van der Waals surface area contributed by atoms with E-state index < -0.39 is 0 Å². The van der Waals surface area contributed by atoms with Crippen molar-refractivity contribution in [3.05, 3.63) is 0 Å². The Bertz CT molecular complexity index is 276. The third kappa shape index (κ3) is 4.07. The number of nitrogens with zero attached hydrogens (tertiary/aromatic N) is 1. The quantitative estimate of drug-likeness (QED) is 0.599. The minimum absolute atomic E-state index is 0.152. The molecule has 1 aliphatic rings. The van der Waals surface area contributed by atoms with Crippen molar-refractivity contribution >= 4 is 17.5 Å². The first-order chi connectivity index (χ1) is 7.24. The summed E-state index contributed by atoms with van der Waals surface area (Å²) >= 11 is 0. The van der Waals surface area contributed by atoms with Gasteiger partial charge in [0.15, 0.2) is 0 Å². The van der Waals surface area contributed by atoms with Gasteiger partial charge >= 0.3 is 0 Å². The molecule has 0 saturated heterocycles. The second kappa shape index (κ2) is 6.13. The molecule has 15 heavy (non-hydrogen) atoms. The van der Waals surface area contributed by atoms with E-state index in [2.05, 4.69) is 15.8 Å². The summed E-state index contributed by atoms with van der Waals surface area (Å²) in [4.78, 5) is 22.2. The molecule has 0 saturated carbocycles. The zero-order chi connectivity index (χ0) is 11.1. The number of hydrogen-bond donors (Lipinski definition) is 2. The highest BCUT2D eigenvalue weighted by atomic mass is 16.5. The van der Waals surface area contributed by atoms with Crippen molar-refractivity contribution in [3.63, 3.8) is 0 Å². The van der Waals surface area contributed by atoms with E-state index in [0.717, 1.165) is 0 Å². The second-order valence-corrected chi connectivity index (χ2v) is 3.05. The summed E-state index contributed by atoms with van der Waals surface area (Å²) in [6.07, 6.45) is 0.712. The van der Waals surface area contributed by atoms with Crippen LogP contribution in [0.15, 0.2) is 5.10 Å². The standard InChI is InChI=1S/C9H15N3O3/c1-2-15-6-5-10-9(14)7-3-4-8(13)12-11-7/h2-6H2,1H3,(H,10,14)(H,12,13). The van der Waals surface area contributed by atoms with Gasteiger partial charge < -0.3 is 10.1 Å². The van der Waals surface area contributed by atoms with E-state index in [9.17, 15) is 9.59 Å². The van der Waals surface area contributed by atoms with Crippen molar-refractivity contribution in [2.45, 2.75) is 19.8 Å². The minimum Gasteiger partial charge on any atom is -0.380 e. The fraction of sp³-hybridized carbons (Fsp3) is 0.667. The van der Waals surface area contributed by atoms with Crippen LogP contribution in [0.2, 0.25) is 0 Å². The highest BCUT2D eigenvalue weighted by Gasteiger charge is 2.17.